The maximum absolute atomic E-state index is 16.6. The number of nitrogens with zero attached hydrogens (tertiary/aromatic N) is 7. The van der Waals surface area contributed by atoms with Gasteiger partial charge in [0, 0.05) is 74.6 Å². The van der Waals surface area contributed by atoms with Gasteiger partial charge in [0.15, 0.2) is 5.82 Å². The largest absolute Gasteiger partial charge is 0.496 e. The van der Waals surface area contributed by atoms with E-state index in [1.165, 1.54) is 0 Å². The number of piperazine rings is 1. The zero-order valence-corrected chi connectivity index (χ0v) is 27.0. The van der Waals surface area contributed by atoms with Gasteiger partial charge in [-0.15, -0.1) is 5.10 Å². The number of carbonyl (C=O) groups is 2. The van der Waals surface area contributed by atoms with Crippen LogP contribution in [0.4, 0.5) is 10.2 Å². The molecule has 5 heterocycles. The van der Waals surface area contributed by atoms with Crippen molar-refractivity contribution in [1.29, 1.82) is 0 Å². The van der Waals surface area contributed by atoms with Crippen molar-refractivity contribution >= 4 is 34.1 Å². The molecule has 0 aliphatic carbocycles. The fourth-order valence-corrected chi connectivity index (χ4v) is 6.67. The Morgan fingerprint density at radius 3 is 2.56 bits per heavy atom. The van der Waals surface area contributed by atoms with E-state index in [2.05, 4.69) is 25.2 Å². The Balaban J connectivity index is 1.20. The highest BCUT2D eigenvalue weighted by Gasteiger charge is 2.28. The SMILES string of the molecule is COc1ccccc1-c1cc(C2=CCCN(C(=O)CCn3ccnn3)C2)c(F)c2[nH]c(C(=O)N3CCN(c4ncccc4C)CC3)cc12. The molecular weight excluding hydrogens is 611 g/mol. The number of methoxy groups -OCH3 is 1. The number of rotatable bonds is 8. The van der Waals surface area contributed by atoms with Gasteiger partial charge in [-0.25, -0.2) is 9.37 Å². The van der Waals surface area contributed by atoms with E-state index in [1.54, 1.807) is 46.2 Å². The monoisotopic (exact) mass is 648 g/mol. The minimum Gasteiger partial charge on any atom is -0.496 e. The Kier molecular flexibility index (Phi) is 8.62. The molecule has 48 heavy (non-hydrogen) atoms. The number of nitrogens with one attached hydrogen (secondary N) is 1. The number of para-hydroxylation sites is 1. The summed E-state index contributed by atoms with van der Waals surface area (Å²) < 4.78 is 24.0. The number of hydrogen-bond donors (Lipinski definition) is 1. The van der Waals surface area contributed by atoms with Crippen LogP contribution in [-0.4, -0.2) is 93.0 Å². The van der Waals surface area contributed by atoms with E-state index in [1.807, 2.05) is 55.5 Å². The van der Waals surface area contributed by atoms with Gasteiger partial charge in [-0.2, -0.15) is 0 Å². The first-order valence-electron chi connectivity index (χ1n) is 16.2. The number of hydrogen-bond acceptors (Lipinski definition) is 7. The molecule has 1 N–H and O–H groups in total. The number of H-pyrrole nitrogens is 1. The van der Waals surface area contributed by atoms with Gasteiger partial charge in [-0.05, 0) is 54.3 Å². The Labute approximate surface area is 277 Å². The van der Waals surface area contributed by atoms with Gasteiger partial charge in [0.2, 0.25) is 5.91 Å². The predicted molar refractivity (Wildman–Crippen MR) is 181 cm³/mol. The topological polar surface area (TPSA) is 112 Å². The lowest BCUT2D eigenvalue weighted by Gasteiger charge is -2.35. The van der Waals surface area contributed by atoms with Crippen molar-refractivity contribution in [1.82, 2.24) is 34.8 Å². The second-order valence-corrected chi connectivity index (χ2v) is 12.1. The molecule has 1 saturated heterocycles. The van der Waals surface area contributed by atoms with Crippen molar-refractivity contribution in [2.24, 2.45) is 0 Å². The smallest absolute Gasteiger partial charge is 0.270 e. The summed E-state index contributed by atoms with van der Waals surface area (Å²) in [5.74, 6) is 0.888. The van der Waals surface area contributed by atoms with Crippen LogP contribution in [0.1, 0.15) is 34.5 Å². The lowest BCUT2D eigenvalue weighted by Crippen LogP contribution is -2.49. The highest BCUT2D eigenvalue weighted by molar-refractivity contribution is 6.05. The Bertz CT molecular complexity index is 2000. The van der Waals surface area contributed by atoms with Crippen LogP contribution in [0, 0.1) is 12.7 Å². The number of halogens is 1. The summed E-state index contributed by atoms with van der Waals surface area (Å²) >= 11 is 0. The molecule has 0 atom stereocenters. The molecule has 246 valence electrons. The summed E-state index contributed by atoms with van der Waals surface area (Å²) in [5, 5.41) is 8.33. The van der Waals surface area contributed by atoms with Crippen molar-refractivity contribution < 1.29 is 18.7 Å². The molecule has 0 saturated carbocycles. The average Bonchev–Trinajstić information content (AvgIpc) is 3.82. The van der Waals surface area contributed by atoms with Gasteiger partial charge in [-0.3, -0.25) is 14.3 Å². The molecule has 7 rings (SSSR count). The van der Waals surface area contributed by atoms with E-state index in [0.29, 0.717) is 73.7 Å². The normalized spacial score (nSPS) is 15.1. The van der Waals surface area contributed by atoms with Crippen molar-refractivity contribution in [2.75, 3.05) is 51.3 Å². The minimum atomic E-state index is -0.457. The molecule has 0 unspecified atom stereocenters. The molecular formula is C36H37FN8O3. The number of aromatic amines is 1. The Hall–Kier alpha value is -5.52. The molecule has 3 aromatic heterocycles. The van der Waals surface area contributed by atoms with Crippen LogP contribution in [0.15, 0.2) is 73.2 Å². The number of carbonyl (C=O) groups excluding carboxylic acids is 2. The molecule has 2 aromatic carbocycles. The van der Waals surface area contributed by atoms with Crippen LogP contribution in [-0.2, 0) is 11.3 Å². The van der Waals surface area contributed by atoms with Crippen LogP contribution >= 0.6 is 0 Å². The van der Waals surface area contributed by atoms with Crippen molar-refractivity contribution in [3.05, 3.63) is 95.8 Å². The third-order valence-electron chi connectivity index (χ3n) is 9.20. The third kappa shape index (κ3) is 6.01. The molecule has 5 aromatic rings. The maximum Gasteiger partial charge on any atom is 0.270 e. The average molecular weight is 649 g/mol. The highest BCUT2D eigenvalue weighted by atomic mass is 19.1. The minimum absolute atomic E-state index is 0.0337. The van der Waals surface area contributed by atoms with Crippen molar-refractivity contribution in [3.8, 4) is 16.9 Å². The van der Waals surface area contributed by atoms with Crippen LogP contribution in [0.5, 0.6) is 5.75 Å². The number of anilines is 1. The Morgan fingerprint density at radius 2 is 1.79 bits per heavy atom. The van der Waals surface area contributed by atoms with Gasteiger partial charge >= 0.3 is 0 Å². The number of aromatic nitrogens is 5. The third-order valence-corrected chi connectivity index (χ3v) is 9.20. The van der Waals surface area contributed by atoms with Crippen molar-refractivity contribution in [2.45, 2.75) is 26.3 Å². The molecule has 0 bridgehead atoms. The first-order chi connectivity index (χ1) is 23.4. The molecule has 11 nitrogen and oxygen atoms in total. The number of aryl methyl sites for hydroxylation is 2. The van der Waals surface area contributed by atoms with Gasteiger partial charge in [-0.1, -0.05) is 35.6 Å². The highest BCUT2D eigenvalue weighted by Crippen LogP contribution is 2.40. The zero-order valence-electron chi connectivity index (χ0n) is 27.0. The van der Waals surface area contributed by atoms with Crippen LogP contribution in [0.2, 0.25) is 0 Å². The van der Waals surface area contributed by atoms with E-state index in [-0.39, 0.29) is 30.3 Å². The molecule has 2 aliphatic heterocycles. The van der Waals surface area contributed by atoms with Gasteiger partial charge < -0.3 is 24.4 Å². The molecule has 0 radical (unpaired) electrons. The maximum atomic E-state index is 16.6. The van der Waals surface area contributed by atoms with Gasteiger partial charge in [0.1, 0.15) is 17.3 Å². The van der Waals surface area contributed by atoms with E-state index < -0.39 is 5.82 Å². The molecule has 2 aliphatic rings. The standard InChI is InChI=1S/C36H37FN8O3/c1-24-7-5-12-38-35(24)42-17-19-43(20-18-42)36(47)30-22-29-28(26-9-3-4-10-31(26)48-2)21-27(33(37)34(29)40-30)25-8-6-14-44(23-25)32(46)11-15-45-16-13-39-41-45/h3-5,7-10,12-13,16,21-22,40H,6,11,14-15,17-20,23H2,1-2H3. The number of pyridine rings is 1. The lowest BCUT2D eigenvalue weighted by atomic mass is 9.93. The van der Waals surface area contributed by atoms with Crippen LogP contribution < -0.4 is 9.64 Å². The van der Waals surface area contributed by atoms with Crippen molar-refractivity contribution in [3.63, 3.8) is 0 Å². The first kappa shape index (κ1) is 31.1. The molecule has 12 heteroatoms. The number of ether oxygens (including phenoxy) is 1. The second kappa shape index (κ2) is 13.3. The second-order valence-electron chi connectivity index (χ2n) is 12.1. The first-order valence-corrected chi connectivity index (χ1v) is 16.2. The van der Waals surface area contributed by atoms with E-state index >= 15 is 4.39 Å². The fraction of sp³-hybridized carbons (Fsp3) is 0.306. The summed E-state index contributed by atoms with van der Waals surface area (Å²) in [6, 6.07) is 15.1. The number of benzene rings is 2. The quantitative estimate of drug-likeness (QED) is 0.254. The van der Waals surface area contributed by atoms with E-state index in [9.17, 15) is 9.59 Å². The van der Waals surface area contributed by atoms with E-state index in [4.69, 9.17) is 4.74 Å². The van der Waals surface area contributed by atoms with Gasteiger partial charge in [0.05, 0.1) is 25.4 Å². The predicted octanol–water partition coefficient (Wildman–Crippen LogP) is 4.95. The molecule has 0 spiro atoms. The summed E-state index contributed by atoms with van der Waals surface area (Å²) in [4.78, 5) is 40.5. The molecule has 1 fully saturated rings. The van der Waals surface area contributed by atoms with Gasteiger partial charge in [0.25, 0.3) is 5.91 Å². The summed E-state index contributed by atoms with van der Waals surface area (Å²) in [5.41, 5.74) is 4.28. The fourth-order valence-electron chi connectivity index (χ4n) is 6.67. The lowest BCUT2D eigenvalue weighted by molar-refractivity contribution is -0.131. The summed E-state index contributed by atoms with van der Waals surface area (Å²) in [7, 11) is 1.60. The summed E-state index contributed by atoms with van der Waals surface area (Å²) in [6.45, 7) is 5.62. The zero-order chi connectivity index (χ0) is 33.2. The number of fused-ring (bicyclic) bond motifs is 1. The summed E-state index contributed by atoms with van der Waals surface area (Å²) in [6.07, 6.45) is 7.94. The van der Waals surface area contributed by atoms with Crippen LogP contribution in [0.25, 0.3) is 27.6 Å². The van der Waals surface area contributed by atoms with Crippen LogP contribution in [0.3, 0.4) is 0 Å². The van der Waals surface area contributed by atoms with E-state index in [0.717, 1.165) is 22.5 Å². The number of amides is 2. The molecule has 2 amide bonds. The Morgan fingerprint density at radius 1 is 0.958 bits per heavy atom.